The molecule has 0 radical (unpaired) electrons. The van der Waals surface area contributed by atoms with Crippen molar-refractivity contribution >= 4 is 17.7 Å². The van der Waals surface area contributed by atoms with Crippen molar-refractivity contribution < 1.29 is 9.18 Å². The highest BCUT2D eigenvalue weighted by Gasteiger charge is 2.16. The number of thioether (sulfide) groups is 1. The van der Waals surface area contributed by atoms with E-state index in [2.05, 4.69) is 34.6 Å². The topological polar surface area (TPSA) is 59.8 Å². The molecule has 7 heteroatoms. The van der Waals surface area contributed by atoms with Crippen LogP contribution in [0.4, 0.5) is 4.39 Å². The van der Waals surface area contributed by atoms with Gasteiger partial charge in [-0.15, -0.1) is 10.2 Å². The lowest BCUT2D eigenvalue weighted by atomic mass is 10.1. The molecule has 146 valence electrons. The third-order valence-electron chi connectivity index (χ3n) is 4.55. The number of nitrogens with one attached hydrogen (secondary N) is 1. The fourth-order valence-corrected chi connectivity index (χ4v) is 3.58. The predicted octanol–water partition coefficient (Wildman–Crippen LogP) is 4.15. The van der Waals surface area contributed by atoms with Crippen LogP contribution in [0.5, 0.6) is 0 Å². The summed E-state index contributed by atoms with van der Waals surface area (Å²) in [5.41, 5.74) is 2.72. The van der Waals surface area contributed by atoms with Gasteiger partial charge in [-0.3, -0.25) is 4.79 Å². The number of aryl methyl sites for hydroxylation is 1. The van der Waals surface area contributed by atoms with Gasteiger partial charge in [-0.25, -0.2) is 4.39 Å². The molecule has 0 spiro atoms. The molecule has 2 aromatic carbocycles. The monoisotopic (exact) mass is 398 g/mol. The smallest absolute Gasteiger partial charge is 0.230 e. The molecule has 1 aromatic heterocycles. The molecule has 0 bridgehead atoms. The van der Waals surface area contributed by atoms with E-state index in [1.165, 1.54) is 23.4 Å². The first kappa shape index (κ1) is 20.1. The molecule has 0 fully saturated rings. The molecule has 0 aliphatic heterocycles. The number of hydrogen-bond acceptors (Lipinski definition) is 4. The Balaban J connectivity index is 1.59. The number of halogens is 1. The molecule has 0 aliphatic carbocycles. The van der Waals surface area contributed by atoms with Crippen molar-refractivity contribution in [2.45, 2.75) is 31.5 Å². The lowest BCUT2D eigenvalue weighted by molar-refractivity contribution is -0.119. The van der Waals surface area contributed by atoms with Gasteiger partial charge >= 0.3 is 0 Å². The van der Waals surface area contributed by atoms with Crippen molar-refractivity contribution in [2.24, 2.45) is 7.05 Å². The molecule has 0 aliphatic rings. The van der Waals surface area contributed by atoms with Crippen LogP contribution in [0, 0.1) is 5.82 Å². The molecule has 1 atom stereocenters. The van der Waals surface area contributed by atoms with Crippen molar-refractivity contribution in [2.75, 3.05) is 5.75 Å². The number of hydrogen-bond donors (Lipinski definition) is 1. The molecule has 0 saturated carbocycles. The molecular weight excluding hydrogens is 375 g/mol. The van der Waals surface area contributed by atoms with Gasteiger partial charge in [0.15, 0.2) is 11.0 Å². The third kappa shape index (κ3) is 4.59. The summed E-state index contributed by atoms with van der Waals surface area (Å²) in [6.07, 6.45) is 0.990. The van der Waals surface area contributed by atoms with E-state index in [-0.39, 0.29) is 23.5 Å². The van der Waals surface area contributed by atoms with Gasteiger partial charge in [0.05, 0.1) is 17.4 Å². The quantitative estimate of drug-likeness (QED) is 0.608. The molecule has 1 heterocycles. The SMILES string of the molecule is CCc1ccc([C@H](C)NC(=O)CSc2nnc(-c3ccccc3F)n2C)cc1. The van der Waals surface area contributed by atoms with E-state index >= 15 is 0 Å². The van der Waals surface area contributed by atoms with Crippen LogP contribution in [0.15, 0.2) is 53.7 Å². The molecule has 0 saturated heterocycles. The van der Waals surface area contributed by atoms with Gasteiger partial charge in [0.1, 0.15) is 5.82 Å². The van der Waals surface area contributed by atoms with Crippen molar-refractivity contribution in [1.82, 2.24) is 20.1 Å². The summed E-state index contributed by atoms with van der Waals surface area (Å²) in [4.78, 5) is 12.3. The standard InChI is InChI=1S/C21H23FN4OS/c1-4-15-9-11-16(12-10-15)14(2)23-19(27)13-28-21-25-24-20(26(21)3)17-7-5-6-8-18(17)22/h5-12,14H,4,13H2,1-3H3,(H,23,27)/t14-/m0/s1. The Labute approximate surface area is 168 Å². The number of aromatic nitrogens is 3. The van der Waals surface area contributed by atoms with Crippen LogP contribution in [-0.4, -0.2) is 26.4 Å². The van der Waals surface area contributed by atoms with Crippen LogP contribution in [0.2, 0.25) is 0 Å². The average molecular weight is 399 g/mol. The van der Waals surface area contributed by atoms with Crippen molar-refractivity contribution in [3.05, 3.63) is 65.5 Å². The average Bonchev–Trinajstić information content (AvgIpc) is 3.07. The summed E-state index contributed by atoms with van der Waals surface area (Å²) in [6, 6.07) is 14.6. The lowest BCUT2D eigenvalue weighted by Crippen LogP contribution is -2.28. The molecule has 28 heavy (non-hydrogen) atoms. The van der Waals surface area contributed by atoms with Gasteiger partial charge in [-0.05, 0) is 36.6 Å². The van der Waals surface area contributed by atoms with Crippen LogP contribution in [0.25, 0.3) is 11.4 Å². The zero-order valence-electron chi connectivity index (χ0n) is 16.1. The minimum absolute atomic E-state index is 0.0764. The predicted molar refractivity (Wildman–Crippen MR) is 109 cm³/mol. The van der Waals surface area contributed by atoms with E-state index < -0.39 is 0 Å². The van der Waals surface area contributed by atoms with Crippen molar-refractivity contribution in [1.29, 1.82) is 0 Å². The number of amides is 1. The molecule has 5 nitrogen and oxygen atoms in total. The van der Waals surface area contributed by atoms with Gasteiger partial charge in [-0.1, -0.05) is 55.1 Å². The Hall–Kier alpha value is -2.67. The number of carbonyl (C=O) groups excluding carboxylic acids is 1. The lowest BCUT2D eigenvalue weighted by Gasteiger charge is -2.14. The number of rotatable bonds is 7. The van der Waals surface area contributed by atoms with Crippen LogP contribution >= 0.6 is 11.8 Å². The summed E-state index contributed by atoms with van der Waals surface area (Å²) >= 11 is 1.27. The van der Waals surface area contributed by atoms with E-state index in [4.69, 9.17) is 0 Å². The Bertz CT molecular complexity index is 955. The second kappa shape index (κ2) is 9.01. The van der Waals surface area contributed by atoms with Gasteiger partial charge in [-0.2, -0.15) is 0 Å². The molecule has 1 amide bonds. The van der Waals surface area contributed by atoms with Crippen LogP contribution in [-0.2, 0) is 18.3 Å². The van der Waals surface area contributed by atoms with Gasteiger partial charge < -0.3 is 9.88 Å². The van der Waals surface area contributed by atoms with E-state index in [1.54, 1.807) is 29.8 Å². The second-order valence-corrected chi connectivity index (χ2v) is 7.46. The maximum absolute atomic E-state index is 14.0. The van der Waals surface area contributed by atoms with Gasteiger partial charge in [0.25, 0.3) is 0 Å². The molecule has 3 aromatic rings. The van der Waals surface area contributed by atoms with E-state index in [9.17, 15) is 9.18 Å². The first-order valence-electron chi connectivity index (χ1n) is 9.15. The fourth-order valence-electron chi connectivity index (χ4n) is 2.86. The summed E-state index contributed by atoms with van der Waals surface area (Å²) in [5.74, 6) is 0.203. The minimum atomic E-state index is -0.352. The van der Waals surface area contributed by atoms with E-state index in [0.717, 1.165) is 12.0 Å². The van der Waals surface area contributed by atoms with E-state index in [0.29, 0.717) is 16.5 Å². The highest BCUT2D eigenvalue weighted by molar-refractivity contribution is 7.99. The number of carbonyl (C=O) groups is 1. The first-order chi connectivity index (χ1) is 13.5. The maximum Gasteiger partial charge on any atom is 0.230 e. The molecule has 3 rings (SSSR count). The minimum Gasteiger partial charge on any atom is -0.349 e. The Morgan fingerprint density at radius 2 is 1.89 bits per heavy atom. The highest BCUT2D eigenvalue weighted by Crippen LogP contribution is 2.24. The summed E-state index contributed by atoms with van der Waals surface area (Å²) in [5, 5.41) is 11.7. The van der Waals surface area contributed by atoms with Gasteiger partial charge in [0, 0.05) is 7.05 Å². The Kier molecular flexibility index (Phi) is 6.46. The molecule has 1 N–H and O–H groups in total. The van der Waals surface area contributed by atoms with Crippen LogP contribution in [0.1, 0.15) is 31.0 Å². The summed E-state index contributed by atoms with van der Waals surface area (Å²) < 4.78 is 15.7. The van der Waals surface area contributed by atoms with Crippen molar-refractivity contribution in [3.63, 3.8) is 0 Å². The highest BCUT2D eigenvalue weighted by atomic mass is 32.2. The molecular formula is C21H23FN4OS. The van der Waals surface area contributed by atoms with E-state index in [1.807, 2.05) is 19.1 Å². The fraction of sp³-hybridized carbons (Fsp3) is 0.286. The maximum atomic E-state index is 14.0. The van der Waals surface area contributed by atoms with Crippen LogP contribution < -0.4 is 5.32 Å². The summed E-state index contributed by atoms with van der Waals surface area (Å²) in [6.45, 7) is 4.07. The van der Waals surface area contributed by atoms with Crippen molar-refractivity contribution in [3.8, 4) is 11.4 Å². The Morgan fingerprint density at radius 1 is 1.18 bits per heavy atom. The Morgan fingerprint density at radius 3 is 2.57 bits per heavy atom. The summed E-state index contributed by atoms with van der Waals surface area (Å²) in [7, 11) is 1.76. The number of benzene rings is 2. The number of nitrogens with zero attached hydrogens (tertiary/aromatic N) is 3. The largest absolute Gasteiger partial charge is 0.349 e. The van der Waals surface area contributed by atoms with Gasteiger partial charge in [0.2, 0.25) is 5.91 Å². The zero-order valence-corrected chi connectivity index (χ0v) is 17.0. The van der Waals surface area contributed by atoms with Crippen LogP contribution in [0.3, 0.4) is 0 Å². The zero-order chi connectivity index (χ0) is 20.1. The molecule has 0 unspecified atom stereocenters. The second-order valence-electron chi connectivity index (χ2n) is 6.52. The third-order valence-corrected chi connectivity index (χ3v) is 5.57. The first-order valence-corrected chi connectivity index (χ1v) is 10.1. The normalized spacial score (nSPS) is 12.0.